The van der Waals surface area contributed by atoms with Crippen LogP contribution in [0.15, 0.2) is 48.5 Å². The number of carbonyl (C=O) groups is 2. The van der Waals surface area contributed by atoms with Gasteiger partial charge in [0.15, 0.2) is 0 Å². The molecular formula is C18H17IN2O3. The highest BCUT2D eigenvalue weighted by atomic mass is 127. The van der Waals surface area contributed by atoms with Crippen LogP contribution in [0.3, 0.4) is 0 Å². The summed E-state index contributed by atoms with van der Waals surface area (Å²) in [6.45, 7) is 0.390. The second-order valence-electron chi connectivity index (χ2n) is 5.60. The van der Waals surface area contributed by atoms with Gasteiger partial charge < -0.3 is 15.0 Å². The molecule has 2 amide bonds. The highest BCUT2D eigenvalue weighted by Crippen LogP contribution is 2.27. The molecule has 0 unspecified atom stereocenters. The van der Waals surface area contributed by atoms with Crippen LogP contribution in [0.4, 0.5) is 11.4 Å². The molecule has 24 heavy (non-hydrogen) atoms. The molecule has 2 aromatic carbocycles. The van der Waals surface area contributed by atoms with E-state index in [4.69, 9.17) is 4.74 Å². The second-order valence-corrected chi connectivity index (χ2v) is 6.85. The first-order valence-corrected chi connectivity index (χ1v) is 8.65. The summed E-state index contributed by atoms with van der Waals surface area (Å²) in [6.07, 6.45) is 0.224. The van der Waals surface area contributed by atoms with Crippen molar-refractivity contribution in [2.45, 2.75) is 6.42 Å². The Labute approximate surface area is 154 Å². The highest BCUT2D eigenvalue weighted by Gasteiger charge is 2.35. The summed E-state index contributed by atoms with van der Waals surface area (Å²) in [4.78, 5) is 26.3. The molecule has 3 rings (SSSR count). The first-order chi connectivity index (χ1) is 11.6. The predicted octanol–water partition coefficient (Wildman–Crippen LogP) is 3.29. The number of hydrogen-bond donors (Lipinski definition) is 1. The summed E-state index contributed by atoms with van der Waals surface area (Å²) in [5.74, 6) is 0.223. The molecule has 5 nitrogen and oxygen atoms in total. The van der Waals surface area contributed by atoms with Gasteiger partial charge in [-0.15, -0.1) is 0 Å². The van der Waals surface area contributed by atoms with Crippen molar-refractivity contribution in [2.75, 3.05) is 23.9 Å². The smallest absolute Gasteiger partial charge is 0.229 e. The number of hydrogen-bond acceptors (Lipinski definition) is 3. The second kappa shape index (κ2) is 7.21. The van der Waals surface area contributed by atoms with Crippen LogP contribution in [0.25, 0.3) is 0 Å². The Morgan fingerprint density at radius 1 is 1.17 bits per heavy atom. The average molecular weight is 436 g/mol. The Kier molecular flexibility index (Phi) is 5.03. The fourth-order valence-electron chi connectivity index (χ4n) is 2.67. The van der Waals surface area contributed by atoms with Crippen molar-refractivity contribution in [2.24, 2.45) is 5.92 Å². The maximum atomic E-state index is 12.4. The van der Waals surface area contributed by atoms with Crippen molar-refractivity contribution in [3.8, 4) is 5.75 Å². The van der Waals surface area contributed by atoms with Gasteiger partial charge in [-0.3, -0.25) is 9.59 Å². The zero-order valence-electron chi connectivity index (χ0n) is 13.2. The van der Waals surface area contributed by atoms with Crippen LogP contribution < -0.4 is 15.0 Å². The SMILES string of the molecule is COc1ccc(N2C[C@@H](C(=O)Nc3ccc(I)cc3)CC2=O)cc1. The number of amides is 2. The molecule has 1 heterocycles. The van der Waals surface area contributed by atoms with E-state index in [9.17, 15) is 9.59 Å². The minimum Gasteiger partial charge on any atom is -0.497 e. The molecule has 0 spiro atoms. The van der Waals surface area contributed by atoms with Crippen LogP contribution in [0.1, 0.15) is 6.42 Å². The van der Waals surface area contributed by atoms with Gasteiger partial charge in [0.25, 0.3) is 0 Å². The molecule has 0 radical (unpaired) electrons. The van der Waals surface area contributed by atoms with E-state index in [2.05, 4.69) is 27.9 Å². The van der Waals surface area contributed by atoms with E-state index in [1.54, 1.807) is 12.0 Å². The Balaban J connectivity index is 1.67. The van der Waals surface area contributed by atoms with E-state index >= 15 is 0 Å². The van der Waals surface area contributed by atoms with E-state index in [1.165, 1.54) is 0 Å². The number of nitrogens with one attached hydrogen (secondary N) is 1. The molecule has 0 aromatic heterocycles. The summed E-state index contributed by atoms with van der Waals surface area (Å²) in [6, 6.07) is 14.9. The molecule has 2 aromatic rings. The molecule has 0 bridgehead atoms. The van der Waals surface area contributed by atoms with Crippen LogP contribution >= 0.6 is 22.6 Å². The first kappa shape index (κ1) is 16.8. The molecule has 6 heteroatoms. The van der Waals surface area contributed by atoms with E-state index in [0.29, 0.717) is 6.54 Å². The number of nitrogens with zero attached hydrogens (tertiary/aromatic N) is 1. The van der Waals surface area contributed by atoms with Crippen LogP contribution in [-0.2, 0) is 9.59 Å². The normalized spacial score (nSPS) is 17.0. The number of methoxy groups -OCH3 is 1. The summed E-state index contributed by atoms with van der Waals surface area (Å²) in [7, 11) is 1.60. The number of halogens is 1. The molecule has 124 valence electrons. The van der Waals surface area contributed by atoms with Crippen molar-refractivity contribution in [3.63, 3.8) is 0 Å². The minimum atomic E-state index is -0.348. The fourth-order valence-corrected chi connectivity index (χ4v) is 3.03. The molecular weight excluding hydrogens is 419 g/mol. The van der Waals surface area contributed by atoms with Gasteiger partial charge in [-0.05, 0) is 71.1 Å². The predicted molar refractivity (Wildman–Crippen MR) is 101 cm³/mol. The molecule has 1 aliphatic heterocycles. The van der Waals surface area contributed by atoms with Gasteiger partial charge in [0.1, 0.15) is 5.75 Å². The van der Waals surface area contributed by atoms with Gasteiger partial charge in [-0.2, -0.15) is 0 Å². The van der Waals surface area contributed by atoms with E-state index in [-0.39, 0.29) is 24.2 Å². The van der Waals surface area contributed by atoms with Crippen LogP contribution in [0.5, 0.6) is 5.75 Å². The third-order valence-corrected chi connectivity index (χ3v) is 4.71. The lowest BCUT2D eigenvalue weighted by atomic mass is 10.1. The molecule has 0 saturated carbocycles. The lowest BCUT2D eigenvalue weighted by Crippen LogP contribution is -2.28. The van der Waals surface area contributed by atoms with Crippen molar-refractivity contribution in [3.05, 3.63) is 52.1 Å². The third kappa shape index (κ3) is 3.69. The van der Waals surface area contributed by atoms with Crippen molar-refractivity contribution >= 4 is 45.8 Å². The Morgan fingerprint density at radius 3 is 2.46 bits per heavy atom. The number of rotatable bonds is 4. The van der Waals surface area contributed by atoms with Gasteiger partial charge >= 0.3 is 0 Å². The van der Waals surface area contributed by atoms with Gasteiger partial charge in [0.2, 0.25) is 11.8 Å². The molecule has 1 saturated heterocycles. The van der Waals surface area contributed by atoms with Crippen molar-refractivity contribution in [1.82, 2.24) is 0 Å². The minimum absolute atomic E-state index is 0.0390. The van der Waals surface area contributed by atoms with Gasteiger partial charge in [0.05, 0.1) is 13.0 Å². The van der Waals surface area contributed by atoms with E-state index in [1.807, 2.05) is 48.5 Å². The maximum Gasteiger partial charge on any atom is 0.229 e. The van der Waals surface area contributed by atoms with Gasteiger partial charge in [-0.1, -0.05) is 0 Å². The lowest BCUT2D eigenvalue weighted by Gasteiger charge is -2.17. The Bertz CT molecular complexity index is 744. The van der Waals surface area contributed by atoms with Crippen LogP contribution in [0.2, 0.25) is 0 Å². The summed E-state index contributed by atoms with van der Waals surface area (Å²) >= 11 is 2.21. The third-order valence-electron chi connectivity index (χ3n) is 3.99. The fraction of sp³-hybridized carbons (Fsp3) is 0.222. The van der Waals surface area contributed by atoms with Gasteiger partial charge in [0, 0.05) is 27.9 Å². The first-order valence-electron chi connectivity index (χ1n) is 7.57. The molecule has 1 N–H and O–H groups in total. The number of carbonyl (C=O) groups excluding carboxylic acids is 2. The van der Waals surface area contributed by atoms with E-state index < -0.39 is 0 Å². The van der Waals surface area contributed by atoms with Crippen LogP contribution in [-0.4, -0.2) is 25.5 Å². The quantitative estimate of drug-likeness (QED) is 0.749. The van der Waals surface area contributed by atoms with Crippen LogP contribution in [0, 0.1) is 9.49 Å². The zero-order chi connectivity index (χ0) is 17.1. The number of benzene rings is 2. The molecule has 1 aliphatic rings. The summed E-state index contributed by atoms with van der Waals surface area (Å²) in [5, 5.41) is 2.88. The van der Waals surface area contributed by atoms with E-state index in [0.717, 1.165) is 20.7 Å². The summed E-state index contributed by atoms with van der Waals surface area (Å²) < 4.78 is 6.23. The Morgan fingerprint density at radius 2 is 1.83 bits per heavy atom. The monoisotopic (exact) mass is 436 g/mol. The molecule has 1 atom stereocenters. The van der Waals surface area contributed by atoms with Crippen molar-refractivity contribution in [1.29, 1.82) is 0 Å². The maximum absolute atomic E-state index is 12.4. The average Bonchev–Trinajstić information content (AvgIpc) is 2.99. The molecule has 0 aliphatic carbocycles. The zero-order valence-corrected chi connectivity index (χ0v) is 15.3. The lowest BCUT2D eigenvalue weighted by molar-refractivity contribution is -0.122. The van der Waals surface area contributed by atoms with Gasteiger partial charge in [-0.25, -0.2) is 0 Å². The molecule has 1 fully saturated rings. The topological polar surface area (TPSA) is 58.6 Å². The number of ether oxygens (including phenoxy) is 1. The standard InChI is InChI=1S/C18H17IN2O3/c1-24-16-8-6-15(7-9-16)21-11-12(10-17(21)22)18(23)20-14-4-2-13(19)3-5-14/h2-9,12H,10-11H2,1H3,(H,20,23)/t12-/m0/s1. The summed E-state index contributed by atoms with van der Waals surface area (Å²) in [5.41, 5.74) is 1.53. The number of anilines is 2. The largest absolute Gasteiger partial charge is 0.497 e. The van der Waals surface area contributed by atoms with Crippen molar-refractivity contribution < 1.29 is 14.3 Å². The Hall–Kier alpha value is -2.09. The highest BCUT2D eigenvalue weighted by molar-refractivity contribution is 14.1.